The number of morpholine rings is 1. The first kappa shape index (κ1) is 15.4. The summed E-state index contributed by atoms with van der Waals surface area (Å²) >= 11 is 0. The van der Waals surface area contributed by atoms with Gasteiger partial charge in [-0.25, -0.2) is 9.97 Å². The van der Waals surface area contributed by atoms with E-state index in [1.807, 2.05) is 18.0 Å². The summed E-state index contributed by atoms with van der Waals surface area (Å²) in [6, 6.07) is -0.105. The fraction of sp³-hybridized carbons (Fsp3) is 0.688. The minimum atomic E-state index is -0.105. The smallest absolute Gasteiger partial charge is 0.239 e. The summed E-state index contributed by atoms with van der Waals surface area (Å²) < 4.78 is 5.32. The molecule has 2 aliphatic rings. The molecule has 1 saturated heterocycles. The Morgan fingerprint density at radius 3 is 2.86 bits per heavy atom. The highest BCUT2D eigenvalue weighted by atomic mass is 16.5. The van der Waals surface area contributed by atoms with Gasteiger partial charge in [-0.1, -0.05) is 6.92 Å². The van der Waals surface area contributed by atoms with Crippen molar-refractivity contribution in [3.8, 4) is 0 Å². The molecule has 3 rings (SSSR count). The average Bonchev–Trinajstić information content (AvgIpc) is 2.60. The van der Waals surface area contributed by atoms with Crippen molar-refractivity contribution in [2.24, 2.45) is 0 Å². The molecule has 1 aromatic heterocycles. The summed E-state index contributed by atoms with van der Waals surface area (Å²) in [7, 11) is 0. The first-order valence-corrected chi connectivity index (χ1v) is 8.13. The number of fused-ring (bicyclic) bond motifs is 1. The molecule has 120 valence electrons. The monoisotopic (exact) mass is 304 g/mol. The molecule has 0 bridgehead atoms. The van der Waals surface area contributed by atoms with Crippen LogP contribution in [0.4, 0.5) is 0 Å². The summed E-state index contributed by atoms with van der Waals surface area (Å²) in [5, 5.41) is 0. The van der Waals surface area contributed by atoms with E-state index in [9.17, 15) is 4.79 Å². The van der Waals surface area contributed by atoms with Gasteiger partial charge in [0, 0.05) is 38.8 Å². The number of aryl methyl sites for hydroxylation is 1. The third-order valence-electron chi connectivity index (χ3n) is 4.57. The first-order chi connectivity index (χ1) is 10.7. The third kappa shape index (κ3) is 3.13. The number of carbonyl (C=O) groups is 1. The maximum absolute atomic E-state index is 12.6. The van der Waals surface area contributed by atoms with E-state index in [1.165, 1.54) is 5.56 Å². The van der Waals surface area contributed by atoms with Gasteiger partial charge in [0.05, 0.1) is 24.9 Å². The lowest BCUT2D eigenvalue weighted by atomic mass is 10.0. The summed E-state index contributed by atoms with van der Waals surface area (Å²) in [5.74, 6) is 1.09. The highest BCUT2D eigenvalue weighted by Crippen LogP contribution is 2.19. The molecule has 1 amide bonds. The second kappa shape index (κ2) is 6.71. The van der Waals surface area contributed by atoms with Crippen LogP contribution in [0.5, 0.6) is 0 Å². The van der Waals surface area contributed by atoms with E-state index in [4.69, 9.17) is 4.74 Å². The van der Waals surface area contributed by atoms with Crippen LogP contribution < -0.4 is 0 Å². The van der Waals surface area contributed by atoms with Gasteiger partial charge in [-0.3, -0.25) is 9.69 Å². The zero-order valence-corrected chi connectivity index (χ0v) is 13.4. The Morgan fingerprint density at radius 2 is 2.14 bits per heavy atom. The standard InChI is InChI=1S/C16H24N4O2/c1-3-15-17-10-13-4-5-20(11-14(13)18-15)12(2)16(21)19-6-8-22-9-7-19/h10,12H,3-9,11H2,1-2H3. The molecule has 0 saturated carbocycles. The Morgan fingerprint density at radius 1 is 1.36 bits per heavy atom. The SMILES string of the molecule is CCc1ncc2c(n1)CN(C(C)C(=O)N1CCOCC1)CC2. The molecular weight excluding hydrogens is 280 g/mol. The quantitative estimate of drug-likeness (QED) is 0.820. The van der Waals surface area contributed by atoms with Gasteiger partial charge < -0.3 is 9.64 Å². The fourth-order valence-corrected chi connectivity index (χ4v) is 3.07. The topological polar surface area (TPSA) is 58.6 Å². The van der Waals surface area contributed by atoms with E-state index in [1.54, 1.807) is 0 Å². The Labute approximate surface area is 131 Å². The maximum atomic E-state index is 12.6. The second-order valence-electron chi connectivity index (χ2n) is 5.95. The largest absolute Gasteiger partial charge is 0.378 e. The van der Waals surface area contributed by atoms with Crippen molar-refractivity contribution in [1.29, 1.82) is 0 Å². The van der Waals surface area contributed by atoms with E-state index in [2.05, 4.69) is 21.8 Å². The first-order valence-electron chi connectivity index (χ1n) is 8.13. The van der Waals surface area contributed by atoms with E-state index >= 15 is 0 Å². The van der Waals surface area contributed by atoms with Crippen molar-refractivity contribution in [3.05, 3.63) is 23.3 Å². The molecule has 0 spiro atoms. The van der Waals surface area contributed by atoms with Crippen LogP contribution in [0, 0.1) is 0 Å². The summed E-state index contributed by atoms with van der Waals surface area (Å²) in [5.41, 5.74) is 2.30. The van der Waals surface area contributed by atoms with Crippen molar-refractivity contribution in [3.63, 3.8) is 0 Å². The number of rotatable bonds is 3. The van der Waals surface area contributed by atoms with Crippen LogP contribution in [0.2, 0.25) is 0 Å². The molecule has 0 radical (unpaired) electrons. The van der Waals surface area contributed by atoms with E-state index in [-0.39, 0.29) is 11.9 Å². The van der Waals surface area contributed by atoms with E-state index < -0.39 is 0 Å². The van der Waals surface area contributed by atoms with Crippen molar-refractivity contribution in [2.45, 2.75) is 39.3 Å². The Bertz CT molecular complexity index is 543. The van der Waals surface area contributed by atoms with Gasteiger partial charge >= 0.3 is 0 Å². The molecule has 0 aliphatic carbocycles. The van der Waals surface area contributed by atoms with Crippen LogP contribution in [0.25, 0.3) is 0 Å². The van der Waals surface area contributed by atoms with Gasteiger partial charge in [0.2, 0.25) is 5.91 Å². The molecule has 2 aliphatic heterocycles. The molecule has 1 aromatic rings. The summed E-state index contributed by atoms with van der Waals surface area (Å²) in [6.07, 6.45) is 3.71. The van der Waals surface area contributed by atoms with Gasteiger partial charge in [0.25, 0.3) is 0 Å². The predicted molar refractivity (Wildman–Crippen MR) is 82.4 cm³/mol. The molecule has 22 heavy (non-hydrogen) atoms. The lowest BCUT2D eigenvalue weighted by molar-refractivity contribution is -0.140. The number of ether oxygens (including phenoxy) is 1. The van der Waals surface area contributed by atoms with Crippen molar-refractivity contribution >= 4 is 5.91 Å². The van der Waals surface area contributed by atoms with Crippen LogP contribution in [0.15, 0.2) is 6.20 Å². The van der Waals surface area contributed by atoms with Crippen LogP contribution in [-0.4, -0.2) is 64.6 Å². The molecule has 6 heteroatoms. The molecule has 0 N–H and O–H groups in total. The van der Waals surface area contributed by atoms with Crippen LogP contribution in [0.1, 0.15) is 30.9 Å². The predicted octanol–water partition coefficient (Wildman–Crippen LogP) is 0.644. The molecule has 6 nitrogen and oxygen atoms in total. The Hall–Kier alpha value is -1.53. The fourth-order valence-electron chi connectivity index (χ4n) is 3.07. The highest BCUT2D eigenvalue weighted by molar-refractivity contribution is 5.81. The zero-order valence-electron chi connectivity index (χ0n) is 13.4. The Balaban J connectivity index is 1.68. The summed E-state index contributed by atoms with van der Waals surface area (Å²) in [4.78, 5) is 25.8. The normalized spacial score (nSPS) is 20.5. The lowest BCUT2D eigenvalue weighted by Crippen LogP contribution is -2.51. The molecule has 1 atom stereocenters. The number of amides is 1. The van der Waals surface area contributed by atoms with Crippen LogP contribution >= 0.6 is 0 Å². The number of carbonyl (C=O) groups excluding carboxylic acids is 1. The molecule has 1 unspecified atom stereocenters. The van der Waals surface area contributed by atoms with Crippen LogP contribution in [-0.2, 0) is 28.9 Å². The molecular formula is C16H24N4O2. The van der Waals surface area contributed by atoms with Gasteiger partial charge in [0.15, 0.2) is 0 Å². The number of hydrogen-bond acceptors (Lipinski definition) is 5. The van der Waals surface area contributed by atoms with E-state index in [0.717, 1.165) is 37.4 Å². The highest BCUT2D eigenvalue weighted by Gasteiger charge is 2.30. The zero-order chi connectivity index (χ0) is 15.5. The van der Waals surface area contributed by atoms with Gasteiger partial charge in [-0.05, 0) is 18.9 Å². The average molecular weight is 304 g/mol. The summed E-state index contributed by atoms with van der Waals surface area (Å²) in [6.45, 7) is 8.40. The minimum absolute atomic E-state index is 0.105. The third-order valence-corrected chi connectivity index (χ3v) is 4.57. The van der Waals surface area contributed by atoms with E-state index in [0.29, 0.717) is 26.3 Å². The molecule has 3 heterocycles. The van der Waals surface area contributed by atoms with Crippen molar-refractivity contribution < 1.29 is 9.53 Å². The lowest BCUT2D eigenvalue weighted by Gasteiger charge is -2.36. The molecule has 0 aromatic carbocycles. The number of aromatic nitrogens is 2. The van der Waals surface area contributed by atoms with Gasteiger partial charge in [-0.15, -0.1) is 0 Å². The van der Waals surface area contributed by atoms with Crippen molar-refractivity contribution in [1.82, 2.24) is 19.8 Å². The minimum Gasteiger partial charge on any atom is -0.378 e. The van der Waals surface area contributed by atoms with Gasteiger partial charge in [-0.2, -0.15) is 0 Å². The molecule has 1 fully saturated rings. The van der Waals surface area contributed by atoms with Crippen LogP contribution in [0.3, 0.4) is 0 Å². The maximum Gasteiger partial charge on any atom is 0.239 e. The number of nitrogens with zero attached hydrogens (tertiary/aromatic N) is 4. The Kier molecular flexibility index (Phi) is 4.69. The van der Waals surface area contributed by atoms with Gasteiger partial charge in [0.1, 0.15) is 5.82 Å². The second-order valence-corrected chi connectivity index (χ2v) is 5.95. The number of hydrogen-bond donors (Lipinski definition) is 0. The van der Waals surface area contributed by atoms with Crippen molar-refractivity contribution in [2.75, 3.05) is 32.8 Å².